The Bertz CT molecular complexity index is 619. The standard InChI is InChI=1S/C13H13Cl2N5O/c14-13(15)6-9(7-13)12(21)16-10-3-1-8(2-4-10)5-11-17-19-20-18-11/h1-4,9H,5-7H2,(H,16,21)(H,17,18,19,20). The van der Waals surface area contributed by atoms with Gasteiger partial charge < -0.3 is 5.32 Å². The summed E-state index contributed by atoms with van der Waals surface area (Å²) in [6.45, 7) is 0. The van der Waals surface area contributed by atoms with E-state index in [4.69, 9.17) is 23.2 Å². The van der Waals surface area contributed by atoms with Gasteiger partial charge in [-0.05, 0) is 30.5 Å². The fraction of sp³-hybridized carbons (Fsp3) is 0.385. The van der Waals surface area contributed by atoms with E-state index in [1.165, 1.54) is 0 Å². The second-order valence-corrected chi connectivity index (χ2v) is 6.79. The van der Waals surface area contributed by atoms with Crippen molar-refractivity contribution in [2.75, 3.05) is 5.32 Å². The summed E-state index contributed by atoms with van der Waals surface area (Å²) in [5, 5.41) is 16.6. The number of carbonyl (C=O) groups excluding carboxylic acids is 1. The number of tetrazole rings is 1. The minimum absolute atomic E-state index is 0.0437. The Hall–Kier alpha value is -1.66. The normalized spacial score (nSPS) is 17.2. The molecule has 110 valence electrons. The molecular formula is C13H13Cl2N5O. The topological polar surface area (TPSA) is 83.6 Å². The van der Waals surface area contributed by atoms with Gasteiger partial charge in [0.05, 0.1) is 0 Å². The van der Waals surface area contributed by atoms with Gasteiger partial charge in [-0.2, -0.15) is 5.21 Å². The van der Waals surface area contributed by atoms with Crippen LogP contribution in [0.4, 0.5) is 5.69 Å². The quantitative estimate of drug-likeness (QED) is 0.845. The van der Waals surface area contributed by atoms with Crippen molar-refractivity contribution in [3.8, 4) is 0 Å². The summed E-state index contributed by atoms with van der Waals surface area (Å²) in [5.74, 6) is 0.471. The maximum absolute atomic E-state index is 12.0. The summed E-state index contributed by atoms with van der Waals surface area (Å²) in [5.41, 5.74) is 1.79. The molecule has 3 rings (SSSR count). The largest absolute Gasteiger partial charge is 0.326 e. The van der Waals surface area contributed by atoms with Gasteiger partial charge in [-0.3, -0.25) is 4.79 Å². The molecule has 6 nitrogen and oxygen atoms in total. The molecular weight excluding hydrogens is 313 g/mol. The van der Waals surface area contributed by atoms with Crippen molar-refractivity contribution in [3.05, 3.63) is 35.7 Å². The lowest BCUT2D eigenvalue weighted by molar-refractivity contribution is -0.122. The van der Waals surface area contributed by atoms with E-state index < -0.39 is 4.33 Å². The van der Waals surface area contributed by atoms with Crippen LogP contribution in [-0.2, 0) is 11.2 Å². The first-order valence-corrected chi connectivity index (χ1v) is 7.27. The molecule has 2 N–H and O–H groups in total. The van der Waals surface area contributed by atoms with Crippen LogP contribution in [0.1, 0.15) is 24.2 Å². The molecule has 0 bridgehead atoms. The highest BCUT2D eigenvalue weighted by Crippen LogP contribution is 2.46. The minimum Gasteiger partial charge on any atom is -0.326 e. The zero-order valence-electron chi connectivity index (χ0n) is 11.0. The number of hydrogen-bond donors (Lipinski definition) is 2. The highest BCUT2D eigenvalue weighted by atomic mass is 35.5. The lowest BCUT2D eigenvalue weighted by Crippen LogP contribution is -2.40. The Morgan fingerprint density at radius 3 is 2.62 bits per heavy atom. The molecule has 1 aliphatic rings. The number of aromatic nitrogens is 4. The predicted molar refractivity (Wildman–Crippen MR) is 79.2 cm³/mol. The summed E-state index contributed by atoms with van der Waals surface area (Å²) in [4.78, 5) is 12.0. The first kappa shape index (κ1) is 14.3. The summed E-state index contributed by atoms with van der Waals surface area (Å²) in [6, 6.07) is 7.53. The zero-order chi connectivity index (χ0) is 14.9. The average molecular weight is 326 g/mol. The number of aromatic amines is 1. The summed E-state index contributed by atoms with van der Waals surface area (Å²) in [7, 11) is 0. The second kappa shape index (κ2) is 5.61. The number of amides is 1. The molecule has 0 radical (unpaired) electrons. The Kier molecular flexibility index (Phi) is 3.82. The SMILES string of the molecule is O=C(Nc1ccc(Cc2nn[nH]n2)cc1)C1CC(Cl)(Cl)C1. The number of hydrogen-bond acceptors (Lipinski definition) is 4. The number of nitrogens with one attached hydrogen (secondary N) is 2. The molecule has 0 spiro atoms. The van der Waals surface area contributed by atoms with Gasteiger partial charge >= 0.3 is 0 Å². The van der Waals surface area contributed by atoms with Gasteiger partial charge in [-0.15, -0.1) is 33.4 Å². The third-order valence-corrected chi connectivity index (χ3v) is 4.05. The fourth-order valence-corrected chi connectivity index (χ4v) is 2.98. The number of carbonyl (C=O) groups is 1. The molecule has 1 aromatic carbocycles. The Labute approximate surface area is 131 Å². The number of anilines is 1. The number of H-pyrrole nitrogens is 1. The van der Waals surface area contributed by atoms with Gasteiger partial charge in [0.15, 0.2) is 5.82 Å². The third-order valence-electron chi connectivity index (χ3n) is 3.43. The van der Waals surface area contributed by atoms with E-state index in [9.17, 15) is 4.79 Å². The van der Waals surface area contributed by atoms with Crippen LogP contribution in [0.2, 0.25) is 0 Å². The van der Waals surface area contributed by atoms with Crippen molar-refractivity contribution < 1.29 is 4.79 Å². The van der Waals surface area contributed by atoms with Crippen molar-refractivity contribution in [3.63, 3.8) is 0 Å². The summed E-state index contributed by atoms with van der Waals surface area (Å²) >= 11 is 11.8. The smallest absolute Gasteiger partial charge is 0.227 e. The van der Waals surface area contributed by atoms with Crippen molar-refractivity contribution in [1.29, 1.82) is 0 Å². The molecule has 8 heteroatoms. The molecule has 0 saturated heterocycles. The van der Waals surface area contributed by atoms with Crippen LogP contribution in [0.15, 0.2) is 24.3 Å². The number of nitrogens with zero attached hydrogens (tertiary/aromatic N) is 3. The molecule has 21 heavy (non-hydrogen) atoms. The number of rotatable bonds is 4. The van der Waals surface area contributed by atoms with Gasteiger partial charge in [0.2, 0.25) is 5.91 Å². The number of alkyl halides is 2. The summed E-state index contributed by atoms with van der Waals surface area (Å²) in [6.07, 6.45) is 1.59. The van der Waals surface area contributed by atoms with Crippen LogP contribution >= 0.6 is 23.2 Å². The maximum atomic E-state index is 12.0. The average Bonchev–Trinajstić information content (AvgIpc) is 2.91. The highest BCUT2D eigenvalue weighted by Gasteiger charge is 2.44. The van der Waals surface area contributed by atoms with Crippen molar-refractivity contribution in [2.24, 2.45) is 5.92 Å². The maximum Gasteiger partial charge on any atom is 0.227 e. The lowest BCUT2D eigenvalue weighted by Gasteiger charge is -2.36. The van der Waals surface area contributed by atoms with Gasteiger partial charge in [-0.25, -0.2) is 0 Å². The van der Waals surface area contributed by atoms with Gasteiger partial charge in [0.25, 0.3) is 0 Å². The molecule has 2 aromatic rings. The Morgan fingerprint density at radius 2 is 2.05 bits per heavy atom. The second-order valence-electron chi connectivity index (χ2n) is 5.15. The molecule has 0 unspecified atom stereocenters. The fourth-order valence-electron chi connectivity index (χ4n) is 2.24. The van der Waals surface area contributed by atoms with E-state index in [1.807, 2.05) is 24.3 Å². The van der Waals surface area contributed by atoms with Crippen molar-refractivity contribution in [1.82, 2.24) is 20.6 Å². The highest BCUT2D eigenvalue weighted by molar-refractivity contribution is 6.49. The van der Waals surface area contributed by atoms with Crippen molar-refractivity contribution in [2.45, 2.75) is 23.6 Å². The number of halogens is 2. The molecule has 0 aliphatic heterocycles. The van der Waals surface area contributed by atoms with Gasteiger partial charge in [-0.1, -0.05) is 17.3 Å². The van der Waals surface area contributed by atoms with E-state index in [0.29, 0.717) is 25.1 Å². The van der Waals surface area contributed by atoms with Gasteiger partial charge in [0.1, 0.15) is 4.33 Å². The van der Waals surface area contributed by atoms with Gasteiger partial charge in [0, 0.05) is 18.0 Å². The summed E-state index contributed by atoms with van der Waals surface area (Å²) < 4.78 is -0.740. The molecule has 1 fully saturated rings. The molecule has 1 amide bonds. The predicted octanol–water partition coefficient (Wildman–Crippen LogP) is 2.31. The number of benzene rings is 1. The Balaban J connectivity index is 1.56. The van der Waals surface area contributed by atoms with Crippen LogP contribution in [0.25, 0.3) is 0 Å². The Morgan fingerprint density at radius 1 is 1.33 bits per heavy atom. The van der Waals surface area contributed by atoms with E-state index in [1.54, 1.807) is 0 Å². The van der Waals surface area contributed by atoms with E-state index in [2.05, 4.69) is 25.9 Å². The first-order chi connectivity index (χ1) is 10.0. The van der Waals surface area contributed by atoms with Crippen LogP contribution in [-0.4, -0.2) is 30.9 Å². The third kappa shape index (κ3) is 3.51. The van der Waals surface area contributed by atoms with Crippen LogP contribution in [0.3, 0.4) is 0 Å². The van der Waals surface area contributed by atoms with Crippen LogP contribution < -0.4 is 5.32 Å². The monoisotopic (exact) mass is 325 g/mol. The first-order valence-electron chi connectivity index (χ1n) is 6.52. The van der Waals surface area contributed by atoms with E-state index in [-0.39, 0.29) is 11.8 Å². The molecule has 1 saturated carbocycles. The molecule has 1 heterocycles. The van der Waals surface area contributed by atoms with Crippen LogP contribution in [0, 0.1) is 5.92 Å². The molecule has 1 aliphatic carbocycles. The molecule has 1 aromatic heterocycles. The lowest BCUT2D eigenvalue weighted by atomic mass is 9.83. The van der Waals surface area contributed by atoms with Crippen molar-refractivity contribution >= 4 is 34.8 Å². The van der Waals surface area contributed by atoms with E-state index >= 15 is 0 Å². The zero-order valence-corrected chi connectivity index (χ0v) is 12.5. The van der Waals surface area contributed by atoms with E-state index in [0.717, 1.165) is 11.3 Å². The molecule has 0 atom stereocenters. The van der Waals surface area contributed by atoms with Crippen LogP contribution in [0.5, 0.6) is 0 Å². The minimum atomic E-state index is -0.740.